The maximum atomic E-state index is 13.8. The van der Waals surface area contributed by atoms with Gasteiger partial charge in [-0.05, 0) is 32.3 Å². The van der Waals surface area contributed by atoms with Crippen LogP contribution in [0.4, 0.5) is 8.78 Å². The monoisotopic (exact) mass is 255 g/mol. The number of nitrogens with zero attached hydrogens (tertiary/aromatic N) is 1. The highest BCUT2D eigenvalue weighted by Crippen LogP contribution is 2.22. The van der Waals surface area contributed by atoms with Gasteiger partial charge in [0.15, 0.2) is 0 Å². The molecule has 100 valence electrons. The molecular formula is C13H19F2N3. The number of benzene rings is 1. The molecule has 0 aliphatic carbocycles. The first-order chi connectivity index (χ1) is 8.61. The number of hydrogen-bond donors (Lipinski definition) is 2. The quantitative estimate of drug-likeness (QED) is 0.848. The molecule has 2 unspecified atom stereocenters. The molecule has 0 amide bonds. The Hall–Kier alpha value is -1.04. The van der Waals surface area contributed by atoms with E-state index < -0.39 is 5.82 Å². The van der Waals surface area contributed by atoms with Gasteiger partial charge in [0.2, 0.25) is 0 Å². The minimum absolute atomic E-state index is 0.0741. The van der Waals surface area contributed by atoms with Crippen LogP contribution in [0.2, 0.25) is 0 Å². The Morgan fingerprint density at radius 1 is 1.44 bits per heavy atom. The van der Waals surface area contributed by atoms with Gasteiger partial charge in [0.1, 0.15) is 11.6 Å². The van der Waals surface area contributed by atoms with Crippen molar-refractivity contribution in [2.75, 3.05) is 33.7 Å². The zero-order valence-corrected chi connectivity index (χ0v) is 10.7. The molecule has 0 bridgehead atoms. The molecule has 2 rings (SSSR count). The van der Waals surface area contributed by atoms with E-state index in [1.165, 1.54) is 12.1 Å². The van der Waals surface area contributed by atoms with Gasteiger partial charge in [0.25, 0.3) is 0 Å². The van der Waals surface area contributed by atoms with Crippen LogP contribution in [0.15, 0.2) is 18.2 Å². The van der Waals surface area contributed by atoms with Crippen molar-refractivity contribution in [1.82, 2.24) is 15.5 Å². The van der Waals surface area contributed by atoms with Crippen molar-refractivity contribution in [2.24, 2.45) is 0 Å². The molecule has 1 saturated heterocycles. The van der Waals surface area contributed by atoms with E-state index in [1.54, 1.807) is 7.05 Å². The fourth-order valence-electron chi connectivity index (χ4n) is 2.48. The Morgan fingerprint density at radius 3 is 2.89 bits per heavy atom. The Balaban J connectivity index is 2.24. The summed E-state index contributed by atoms with van der Waals surface area (Å²) >= 11 is 0. The van der Waals surface area contributed by atoms with Gasteiger partial charge in [-0.3, -0.25) is 0 Å². The Morgan fingerprint density at radius 2 is 2.22 bits per heavy atom. The summed E-state index contributed by atoms with van der Waals surface area (Å²) < 4.78 is 27.1. The SMILES string of the molecule is CNC(c1cc(F)ccc1F)C1CN(C)CCN1. The van der Waals surface area contributed by atoms with E-state index in [0.717, 1.165) is 25.7 Å². The van der Waals surface area contributed by atoms with Gasteiger partial charge in [-0.1, -0.05) is 0 Å². The second-order valence-corrected chi connectivity index (χ2v) is 4.76. The largest absolute Gasteiger partial charge is 0.312 e. The summed E-state index contributed by atoms with van der Waals surface area (Å²) in [6.45, 7) is 2.64. The van der Waals surface area contributed by atoms with Gasteiger partial charge in [-0.15, -0.1) is 0 Å². The van der Waals surface area contributed by atoms with Crippen LogP contribution in [0.3, 0.4) is 0 Å². The summed E-state index contributed by atoms with van der Waals surface area (Å²) in [6, 6.07) is 3.44. The standard InChI is InChI=1S/C13H19F2N3/c1-16-13(12-8-18(2)6-5-17-12)10-7-9(14)3-4-11(10)15/h3-4,7,12-13,16-17H,5-6,8H2,1-2H3. The molecule has 1 heterocycles. The molecule has 1 aromatic rings. The third-order valence-corrected chi connectivity index (χ3v) is 3.41. The van der Waals surface area contributed by atoms with Gasteiger partial charge in [-0.25, -0.2) is 8.78 Å². The lowest BCUT2D eigenvalue weighted by Gasteiger charge is -2.36. The summed E-state index contributed by atoms with van der Waals surface area (Å²) in [5, 5.41) is 6.43. The maximum absolute atomic E-state index is 13.8. The molecule has 1 aliphatic rings. The molecule has 2 N–H and O–H groups in total. The van der Waals surface area contributed by atoms with Crippen LogP contribution >= 0.6 is 0 Å². The summed E-state index contributed by atoms with van der Waals surface area (Å²) in [7, 11) is 3.80. The highest BCUT2D eigenvalue weighted by Gasteiger charge is 2.27. The normalized spacial score (nSPS) is 23.0. The highest BCUT2D eigenvalue weighted by atomic mass is 19.1. The van der Waals surface area contributed by atoms with E-state index >= 15 is 0 Å². The molecule has 1 fully saturated rings. The second kappa shape index (κ2) is 5.73. The fourth-order valence-corrected chi connectivity index (χ4v) is 2.48. The van der Waals surface area contributed by atoms with Crippen molar-refractivity contribution < 1.29 is 8.78 Å². The van der Waals surface area contributed by atoms with Crippen molar-refractivity contribution in [3.8, 4) is 0 Å². The van der Waals surface area contributed by atoms with Crippen molar-refractivity contribution >= 4 is 0 Å². The van der Waals surface area contributed by atoms with Gasteiger partial charge in [-0.2, -0.15) is 0 Å². The number of hydrogen-bond acceptors (Lipinski definition) is 3. The van der Waals surface area contributed by atoms with Crippen LogP contribution in [-0.2, 0) is 0 Å². The molecule has 3 nitrogen and oxygen atoms in total. The smallest absolute Gasteiger partial charge is 0.128 e. The summed E-state index contributed by atoms with van der Waals surface area (Å²) in [6.07, 6.45) is 0. The predicted molar refractivity (Wildman–Crippen MR) is 67.4 cm³/mol. The minimum atomic E-state index is -0.407. The molecule has 1 aliphatic heterocycles. The number of rotatable bonds is 3. The van der Waals surface area contributed by atoms with Gasteiger partial charge >= 0.3 is 0 Å². The average Bonchev–Trinajstić information content (AvgIpc) is 2.35. The molecule has 5 heteroatoms. The summed E-state index contributed by atoms with van der Waals surface area (Å²) in [5.74, 6) is -0.776. The van der Waals surface area contributed by atoms with Crippen molar-refractivity contribution in [2.45, 2.75) is 12.1 Å². The molecule has 0 saturated carbocycles. The van der Waals surface area contributed by atoms with E-state index in [4.69, 9.17) is 0 Å². The van der Waals surface area contributed by atoms with Crippen molar-refractivity contribution in [3.05, 3.63) is 35.4 Å². The first-order valence-corrected chi connectivity index (χ1v) is 6.16. The zero-order chi connectivity index (χ0) is 13.1. The number of halogens is 2. The Kier molecular flexibility index (Phi) is 4.27. The van der Waals surface area contributed by atoms with Gasteiger partial charge in [0, 0.05) is 31.2 Å². The lowest BCUT2D eigenvalue weighted by atomic mass is 9.97. The van der Waals surface area contributed by atoms with Gasteiger partial charge in [0.05, 0.1) is 6.04 Å². The van der Waals surface area contributed by atoms with Crippen molar-refractivity contribution in [1.29, 1.82) is 0 Å². The van der Waals surface area contributed by atoms with Crippen LogP contribution in [0.5, 0.6) is 0 Å². The average molecular weight is 255 g/mol. The highest BCUT2D eigenvalue weighted by molar-refractivity contribution is 5.24. The van der Waals surface area contributed by atoms with Crippen LogP contribution in [0, 0.1) is 11.6 Å². The molecule has 1 aromatic carbocycles. The van der Waals surface area contributed by atoms with E-state index in [1.807, 2.05) is 7.05 Å². The second-order valence-electron chi connectivity index (χ2n) is 4.76. The molecule has 0 radical (unpaired) electrons. The van der Waals surface area contributed by atoms with Crippen LogP contribution in [0.25, 0.3) is 0 Å². The minimum Gasteiger partial charge on any atom is -0.312 e. The topological polar surface area (TPSA) is 27.3 Å². The third kappa shape index (κ3) is 2.85. The van der Waals surface area contributed by atoms with E-state index in [2.05, 4.69) is 15.5 Å². The molecular weight excluding hydrogens is 236 g/mol. The number of likely N-dealkylation sites (N-methyl/N-ethyl adjacent to an activating group) is 2. The Bertz CT molecular complexity index is 411. The molecule has 0 spiro atoms. The van der Waals surface area contributed by atoms with E-state index in [9.17, 15) is 8.78 Å². The predicted octanol–water partition coefficient (Wildman–Crippen LogP) is 1.13. The lowest BCUT2D eigenvalue weighted by Crippen LogP contribution is -2.54. The van der Waals surface area contributed by atoms with Crippen molar-refractivity contribution in [3.63, 3.8) is 0 Å². The fraction of sp³-hybridized carbons (Fsp3) is 0.538. The Labute approximate surface area is 106 Å². The first-order valence-electron chi connectivity index (χ1n) is 6.16. The number of nitrogens with one attached hydrogen (secondary N) is 2. The third-order valence-electron chi connectivity index (χ3n) is 3.41. The maximum Gasteiger partial charge on any atom is 0.128 e. The van der Waals surface area contributed by atoms with Crippen LogP contribution < -0.4 is 10.6 Å². The molecule has 2 atom stereocenters. The van der Waals surface area contributed by atoms with Crippen LogP contribution in [0.1, 0.15) is 11.6 Å². The van der Waals surface area contributed by atoms with E-state index in [0.29, 0.717) is 5.56 Å². The molecule has 0 aromatic heterocycles. The van der Waals surface area contributed by atoms with Crippen LogP contribution in [-0.4, -0.2) is 44.7 Å². The summed E-state index contributed by atoms with van der Waals surface area (Å²) in [5.41, 5.74) is 0.380. The summed E-state index contributed by atoms with van der Waals surface area (Å²) in [4.78, 5) is 2.18. The number of piperazine rings is 1. The lowest BCUT2D eigenvalue weighted by molar-refractivity contribution is 0.208. The van der Waals surface area contributed by atoms with E-state index in [-0.39, 0.29) is 17.9 Å². The molecule has 18 heavy (non-hydrogen) atoms. The van der Waals surface area contributed by atoms with Gasteiger partial charge < -0.3 is 15.5 Å². The first kappa shape index (κ1) is 13.4. The zero-order valence-electron chi connectivity index (χ0n) is 10.7.